The number of hydrogen-bond acceptors (Lipinski definition) is 4. The molecule has 0 bridgehead atoms. The Balaban J connectivity index is 2.26. The second-order valence-corrected chi connectivity index (χ2v) is 6.20. The Kier molecular flexibility index (Phi) is 3.81. The molecule has 0 fully saturated rings. The Morgan fingerprint density at radius 2 is 2.05 bits per heavy atom. The molecule has 1 aromatic carbocycles. The lowest BCUT2D eigenvalue weighted by Gasteiger charge is -2.15. The van der Waals surface area contributed by atoms with Gasteiger partial charge in [-0.2, -0.15) is 0 Å². The first-order valence-corrected chi connectivity index (χ1v) is 7.23. The van der Waals surface area contributed by atoms with Crippen molar-refractivity contribution >= 4 is 28.1 Å². The SMILES string of the molecule is Cc1cccc(Nc2nc(C(C)(C)C(=O)O)cs2)c1C. The van der Waals surface area contributed by atoms with E-state index in [1.807, 2.05) is 19.1 Å². The average molecular weight is 290 g/mol. The molecular formula is C15H18N2O2S. The van der Waals surface area contributed by atoms with Gasteiger partial charge in [0.25, 0.3) is 0 Å². The summed E-state index contributed by atoms with van der Waals surface area (Å²) in [6.45, 7) is 7.42. The van der Waals surface area contributed by atoms with Gasteiger partial charge >= 0.3 is 5.97 Å². The molecule has 0 radical (unpaired) electrons. The molecule has 4 nitrogen and oxygen atoms in total. The topological polar surface area (TPSA) is 62.2 Å². The number of aryl methyl sites for hydroxylation is 1. The molecule has 2 rings (SSSR count). The number of hydrogen-bond donors (Lipinski definition) is 2. The molecule has 5 heteroatoms. The van der Waals surface area contributed by atoms with Gasteiger partial charge in [-0.1, -0.05) is 12.1 Å². The summed E-state index contributed by atoms with van der Waals surface area (Å²) in [6, 6.07) is 6.04. The van der Waals surface area contributed by atoms with Gasteiger partial charge < -0.3 is 10.4 Å². The van der Waals surface area contributed by atoms with Crippen LogP contribution in [0.2, 0.25) is 0 Å². The zero-order chi connectivity index (χ0) is 14.9. The smallest absolute Gasteiger partial charge is 0.315 e. The minimum absolute atomic E-state index is 0.572. The van der Waals surface area contributed by atoms with E-state index >= 15 is 0 Å². The molecule has 2 N–H and O–H groups in total. The molecule has 2 aromatic rings. The summed E-state index contributed by atoms with van der Waals surface area (Å²) in [4.78, 5) is 15.6. The fraction of sp³-hybridized carbons (Fsp3) is 0.333. The number of carbonyl (C=O) groups is 1. The quantitative estimate of drug-likeness (QED) is 0.897. The molecule has 0 saturated carbocycles. The highest BCUT2D eigenvalue weighted by Crippen LogP contribution is 2.30. The van der Waals surface area contributed by atoms with Crippen LogP contribution < -0.4 is 5.32 Å². The van der Waals surface area contributed by atoms with Crippen LogP contribution in [0.15, 0.2) is 23.6 Å². The van der Waals surface area contributed by atoms with E-state index in [0.29, 0.717) is 10.8 Å². The molecule has 0 amide bonds. The summed E-state index contributed by atoms with van der Waals surface area (Å²) in [5, 5.41) is 15.0. The van der Waals surface area contributed by atoms with Crippen molar-refractivity contribution in [1.82, 2.24) is 4.98 Å². The molecule has 0 aliphatic carbocycles. The van der Waals surface area contributed by atoms with Crippen molar-refractivity contribution in [3.8, 4) is 0 Å². The Morgan fingerprint density at radius 3 is 2.70 bits per heavy atom. The van der Waals surface area contributed by atoms with Gasteiger partial charge in [-0.05, 0) is 44.9 Å². The number of carboxylic acid groups (broad SMARTS) is 1. The van der Waals surface area contributed by atoms with Crippen LogP contribution >= 0.6 is 11.3 Å². The molecule has 0 aliphatic rings. The van der Waals surface area contributed by atoms with Crippen molar-refractivity contribution in [2.45, 2.75) is 33.1 Å². The van der Waals surface area contributed by atoms with Crippen LogP contribution in [0.1, 0.15) is 30.7 Å². The average Bonchev–Trinajstić information content (AvgIpc) is 2.84. The fourth-order valence-electron chi connectivity index (χ4n) is 1.73. The second kappa shape index (κ2) is 5.25. The van der Waals surface area contributed by atoms with Gasteiger partial charge in [0.05, 0.1) is 5.69 Å². The van der Waals surface area contributed by atoms with E-state index in [-0.39, 0.29) is 0 Å². The van der Waals surface area contributed by atoms with Crippen molar-refractivity contribution < 1.29 is 9.90 Å². The zero-order valence-corrected chi connectivity index (χ0v) is 12.8. The maximum absolute atomic E-state index is 11.2. The third kappa shape index (κ3) is 2.67. The van der Waals surface area contributed by atoms with Crippen molar-refractivity contribution in [3.63, 3.8) is 0 Å². The van der Waals surface area contributed by atoms with E-state index in [2.05, 4.69) is 23.3 Å². The minimum Gasteiger partial charge on any atom is -0.481 e. The van der Waals surface area contributed by atoms with Crippen LogP contribution in [0.5, 0.6) is 0 Å². The number of benzene rings is 1. The van der Waals surface area contributed by atoms with Gasteiger partial charge in [0, 0.05) is 11.1 Å². The molecule has 0 saturated heterocycles. The van der Waals surface area contributed by atoms with Crippen LogP contribution in [-0.2, 0) is 10.2 Å². The van der Waals surface area contributed by atoms with Crippen LogP contribution in [0.3, 0.4) is 0 Å². The monoisotopic (exact) mass is 290 g/mol. The molecule has 0 aliphatic heterocycles. The van der Waals surface area contributed by atoms with E-state index in [9.17, 15) is 9.90 Å². The van der Waals surface area contributed by atoms with Crippen molar-refractivity contribution in [2.24, 2.45) is 0 Å². The molecular weight excluding hydrogens is 272 g/mol. The van der Waals surface area contributed by atoms with Gasteiger partial charge in [0.2, 0.25) is 0 Å². The van der Waals surface area contributed by atoms with E-state index in [1.54, 1.807) is 19.2 Å². The maximum atomic E-state index is 11.2. The van der Waals surface area contributed by atoms with Gasteiger partial charge in [-0.3, -0.25) is 4.79 Å². The summed E-state index contributed by atoms with van der Waals surface area (Å²) < 4.78 is 0. The number of anilines is 2. The first kappa shape index (κ1) is 14.5. The highest BCUT2D eigenvalue weighted by molar-refractivity contribution is 7.13. The molecule has 1 aromatic heterocycles. The predicted octanol–water partition coefficient (Wildman–Crippen LogP) is 3.87. The van der Waals surface area contributed by atoms with Crippen LogP contribution in [-0.4, -0.2) is 16.1 Å². The maximum Gasteiger partial charge on any atom is 0.315 e. The highest BCUT2D eigenvalue weighted by atomic mass is 32.1. The van der Waals surface area contributed by atoms with E-state index in [4.69, 9.17) is 0 Å². The summed E-state index contributed by atoms with van der Waals surface area (Å²) in [7, 11) is 0. The van der Waals surface area contributed by atoms with Crippen LogP contribution in [0, 0.1) is 13.8 Å². The Morgan fingerprint density at radius 1 is 1.35 bits per heavy atom. The van der Waals surface area contributed by atoms with Gasteiger partial charge in [-0.15, -0.1) is 11.3 Å². The first-order chi connectivity index (χ1) is 9.32. The van der Waals surface area contributed by atoms with Crippen molar-refractivity contribution in [1.29, 1.82) is 0 Å². The lowest BCUT2D eigenvalue weighted by Crippen LogP contribution is -2.28. The number of aliphatic carboxylic acids is 1. The lowest BCUT2D eigenvalue weighted by molar-refractivity contribution is -0.142. The third-order valence-electron chi connectivity index (χ3n) is 3.53. The van der Waals surface area contributed by atoms with Gasteiger partial charge in [0.1, 0.15) is 5.41 Å². The van der Waals surface area contributed by atoms with Crippen molar-refractivity contribution in [3.05, 3.63) is 40.4 Å². The van der Waals surface area contributed by atoms with Gasteiger partial charge in [0.15, 0.2) is 5.13 Å². The summed E-state index contributed by atoms with van der Waals surface area (Å²) in [5.74, 6) is -0.874. The molecule has 20 heavy (non-hydrogen) atoms. The number of nitrogens with one attached hydrogen (secondary N) is 1. The Hall–Kier alpha value is -1.88. The largest absolute Gasteiger partial charge is 0.481 e. The third-order valence-corrected chi connectivity index (χ3v) is 4.28. The Bertz CT molecular complexity index is 647. The number of thiazole rings is 1. The standard InChI is InChI=1S/C15H18N2O2S/c1-9-6-5-7-11(10(9)2)16-14-17-12(8-20-14)15(3,4)13(18)19/h5-8H,1-4H3,(H,16,17)(H,18,19). The fourth-order valence-corrected chi connectivity index (χ4v) is 2.62. The molecule has 0 unspecified atom stereocenters. The lowest BCUT2D eigenvalue weighted by atomic mass is 9.90. The van der Waals surface area contributed by atoms with E-state index in [0.717, 1.165) is 5.69 Å². The van der Waals surface area contributed by atoms with E-state index in [1.165, 1.54) is 22.5 Å². The summed E-state index contributed by atoms with van der Waals surface area (Å²) >= 11 is 1.42. The van der Waals surface area contributed by atoms with Gasteiger partial charge in [-0.25, -0.2) is 4.98 Å². The number of nitrogens with zero attached hydrogens (tertiary/aromatic N) is 1. The highest BCUT2D eigenvalue weighted by Gasteiger charge is 2.32. The number of carboxylic acids is 1. The summed E-state index contributed by atoms with van der Waals surface area (Å²) in [5.41, 5.74) is 2.97. The van der Waals surface area contributed by atoms with Crippen LogP contribution in [0.4, 0.5) is 10.8 Å². The molecule has 0 atom stereocenters. The number of rotatable bonds is 4. The minimum atomic E-state index is -0.974. The predicted molar refractivity (Wildman–Crippen MR) is 82.0 cm³/mol. The Labute approximate surface area is 122 Å². The number of aromatic nitrogens is 1. The molecule has 0 spiro atoms. The van der Waals surface area contributed by atoms with E-state index < -0.39 is 11.4 Å². The normalized spacial score (nSPS) is 11.4. The second-order valence-electron chi connectivity index (χ2n) is 5.34. The molecule has 1 heterocycles. The first-order valence-electron chi connectivity index (χ1n) is 6.35. The molecule has 106 valence electrons. The zero-order valence-electron chi connectivity index (χ0n) is 12.0. The summed E-state index contributed by atoms with van der Waals surface area (Å²) in [6.07, 6.45) is 0. The van der Waals surface area contributed by atoms with Crippen molar-refractivity contribution in [2.75, 3.05) is 5.32 Å². The van der Waals surface area contributed by atoms with Crippen LogP contribution in [0.25, 0.3) is 0 Å².